The van der Waals surface area contributed by atoms with Crippen LogP contribution in [0.4, 0.5) is 4.39 Å². The van der Waals surface area contributed by atoms with Gasteiger partial charge in [0.15, 0.2) is 0 Å². The van der Waals surface area contributed by atoms with Gasteiger partial charge in [0.2, 0.25) is 0 Å². The van der Waals surface area contributed by atoms with Crippen LogP contribution in [0.1, 0.15) is 5.56 Å². The second-order valence-corrected chi connectivity index (χ2v) is 4.29. The number of esters is 1. The molecular weight excluding hydrogens is 277 g/mol. The van der Waals surface area contributed by atoms with Crippen molar-refractivity contribution in [3.05, 3.63) is 34.2 Å². The van der Waals surface area contributed by atoms with Crippen LogP contribution in [0.2, 0.25) is 0 Å². The van der Waals surface area contributed by atoms with Crippen molar-refractivity contribution in [3.63, 3.8) is 0 Å². The molecule has 0 aliphatic carbocycles. The first-order valence-corrected chi connectivity index (χ1v) is 5.43. The minimum absolute atomic E-state index is 0.131. The van der Waals surface area contributed by atoms with Crippen molar-refractivity contribution in [1.82, 2.24) is 4.98 Å². The summed E-state index contributed by atoms with van der Waals surface area (Å²) in [5.74, 6) is -0.693. The number of H-pyrrole nitrogens is 1. The fourth-order valence-electron chi connectivity index (χ4n) is 1.58. The average Bonchev–Trinajstić information content (AvgIpc) is 2.61. The lowest BCUT2D eigenvalue weighted by Gasteiger charge is -1.99. The van der Waals surface area contributed by atoms with Gasteiger partial charge in [0.25, 0.3) is 0 Å². The highest BCUT2D eigenvalue weighted by molar-refractivity contribution is 9.10. The van der Waals surface area contributed by atoms with Crippen LogP contribution in [0.15, 0.2) is 22.8 Å². The molecule has 2 rings (SSSR count). The van der Waals surface area contributed by atoms with Crippen LogP contribution in [0.5, 0.6) is 0 Å². The first-order chi connectivity index (χ1) is 7.61. The highest BCUT2D eigenvalue weighted by Gasteiger charge is 2.12. The maximum atomic E-state index is 13.5. The van der Waals surface area contributed by atoms with Gasteiger partial charge in [-0.25, -0.2) is 4.39 Å². The number of aromatic nitrogens is 1. The highest BCUT2D eigenvalue weighted by Crippen LogP contribution is 2.26. The molecular formula is C11H9BrFNO2. The standard InChI is InChI=1S/C11H9BrFNO2/c1-16-10(15)2-6-5-14-11-8(6)3-7(12)4-9(11)13/h3-5,14H,2H2,1H3. The van der Waals surface area contributed by atoms with Crippen LogP contribution in [0.3, 0.4) is 0 Å². The number of aromatic amines is 1. The van der Waals surface area contributed by atoms with Crippen LogP contribution in [0, 0.1) is 5.82 Å². The molecule has 0 saturated carbocycles. The van der Waals surface area contributed by atoms with Gasteiger partial charge < -0.3 is 9.72 Å². The zero-order chi connectivity index (χ0) is 11.7. The molecule has 0 radical (unpaired) electrons. The minimum atomic E-state index is -0.347. The lowest BCUT2D eigenvalue weighted by atomic mass is 10.1. The molecule has 5 heteroatoms. The van der Waals surface area contributed by atoms with Crippen LogP contribution in [-0.4, -0.2) is 18.1 Å². The van der Waals surface area contributed by atoms with Crippen LogP contribution >= 0.6 is 15.9 Å². The summed E-state index contributed by atoms with van der Waals surface area (Å²) in [4.78, 5) is 14.0. The van der Waals surface area contributed by atoms with E-state index in [2.05, 4.69) is 25.7 Å². The zero-order valence-corrected chi connectivity index (χ0v) is 10.1. The SMILES string of the molecule is COC(=O)Cc1c[nH]c2c(F)cc(Br)cc12. The first kappa shape index (κ1) is 11.1. The number of nitrogens with one attached hydrogen (secondary N) is 1. The molecule has 1 aromatic carbocycles. The molecule has 0 unspecified atom stereocenters. The molecule has 16 heavy (non-hydrogen) atoms. The molecule has 0 aliphatic rings. The molecule has 0 atom stereocenters. The van der Waals surface area contributed by atoms with E-state index in [1.807, 2.05) is 0 Å². The molecule has 84 valence electrons. The Morgan fingerprint density at radius 3 is 3.00 bits per heavy atom. The predicted molar refractivity (Wildman–Crippen MR) is 61.7 cm³/mol. The molecule has 0 spiro atoms. The second-order valence-electron chi connectivity index (χ2n) is 3.38. The predicted octanol–water partition coefficient (Wildman–Crippen LogP) is 2.79. The van der Waals surface area contributed by atoms with Crippen molar-refractivity contribution in [1.29, 1.82) is 0 Å². The molecule has 0 fully saturated rings. The summed E-state index contributed by atoms with van der Waals surface area (Å²) >= 11 is 3.22. The Hall–Kier alpha value is -1.36. The Kier molecular flexibility index (Phi) is 2.96. The number of halogens is 2. The van der Waals surface area contributed by atoms with Gasteiger partial charge in [-0.2, -0.15) is 0 Å². The van der Waals surface area contributed by atoms with E-state index in [4.69, 9.17) is 0 Å². The molecule has 1 heterocycles. The van der Waals surface area contributed by atoms with Crippen molar-refractivity contribution >= 4 is 32.8 Å². The number of methoxy groups -OCH3 is 1. The van der Waals surface area contributed by atoms with Crippen molar-refractivity contribution in [2.75, 3.05) is 7.11 Å². The average molecular weight is 286 g/mol. The first-order valence-electron chi connectivity index (χ1n) is 4.63. The lowest BCUT2D eigenvalue weighted by molar-refractivity contribution is -0.139. The third kappa shape index (κ3) is 1.95. The molecule has 0 bridgehead atoms. The highest BCUT2D eigenvalue weighted by atomic mass is 79.9. The largest absolute Gasteiger partial charge is 0.469 e. The van der Waals surface area contributed by atoms with Crippen LogP contribution in [-0.2, 0) is 16.0 Å². The fourth-order valence-corrected chi connectivity index (χ4v) is 2.01. The van der Waals surface area contributed by atoms with Crippen molar-refractivity contribution in [2.24, 2.45) is 0 Å². The smallest absolute Gasteiger partial charge is 0.310 e. The Balaban J connectivity index is 2.51. The van der Waals surface area contributed by atoms with Gasteiger partial charge in [-0.15, -0.1) is 0 Å². The molecule has 1 N–H and O–H groups in total. The van der Waals surface area contributed by atoms with Crippen LogP contribution in [0.25, 0.3) is 10.9 Å². The maximum Gasteiger partial charge on any atom is 0.310 e. The Labute approximate surface area is 99.7 Å². The molecule has 2 aromatic rings. The number of hydrogen-bond acceptors (Lipinski definition) is 2. The van der Waals surface area contributed by atoms with Crippen molar-refractivity contribution < 1.29 is 13.9 Å². The van der Waals surface area contributed by atoms with Gasteiger partial charge in [0.1, 0.15) is 5.82 Å². The maximum absolute atomic E-state index is 13.5. The molecule has 3 nitrogen and oxygen atoms in total. The fraction of sp³-hybridized carbons (Fsp3) is 0.182. The van der Waals surface area contributed by atoms with Crippen molar-refractivity contribution in [2.45, 2.75) is 6.42 Å². The van der Waals surface area contributed by atoms with E-state index >= 15 is 0 Å². The van der Waals surface area contributed by atoms with E-state index in [1.165, 1.54) is 13.2 Å². The Morgan fingerprint density at radius 2 is 2.31 bits per heavy atom. The summed E-state index contributed by atoms with van der Waals surface area (Å²) in [5, 5.41) is 0.692. The molecule has 1 aromatic heterocycles. The zero-order valence-electron chi connectivity index (χ0n) is 8.51. The summed E-state index contributed by atoms with van der Waals surface area (Å²) < 4.78 is 18.7. The van der Waals surface area contributed by atoms with Gasteiger partial charge in [-0.05, 0) is 17.7 Å². The topological polar surface area (TPSA) is 42.1 Å². The Bertz CT molecular complexity index is 550. The van der Waals surface area contributed by atoms with Gasteiger partial charge in [-0.1, -0.05) is 15.9 Å². The third-order valence-corrected chi connectivity index (χ3v) is 2.81. The van der Waals surface area contributed by atoms with Crippen LogP contribution < -0.4 is 0 Å². The summed E-state index contributed by atoms with van der Waals surface area (Å²) in [6.45, 7) is 0. The molecule has 0 aliphatic heterocycles. The number of fused-ring (bicyclic) bond motifs is 1. The van der Waals surface area contributed by atoms with E-state index < -0.39 is 0 Å². The summed E-state index contributed by atoms with van der Waals surface area (Å²) in [6, 6.07) is 3.15. The summed E-state index contributed by atoms with van der Waals surface area (Å²) in [7, 11) is 1.33. The quantitative estimate of drug-likeness (QED) is 0.862. The van der Waals surface area contributed by atoms with E-state index in [0.717, 1.165) is 5.56 Å². The number of ether oxygens (including phenoxy) is 1. The van der Waals surface area contributed by atoms with Gasteiger partial charge in [0, 0.05) is 16.1 Å². The lowest BCUT2D eigenvalue weighted by Crippen LogP contribution is -2.03. The Morgan fingerprint density at radius 1 is 1.56 bits per heavy atom. The summed E-state index contributed by atoms with van der Waals surface area (Å²) in [5.41, 5.74) is 1.13. The number of rotatable bonds is 2. The van der Waals surface area contributed by atoms with Crippen molar-refractivity contribution in [3.8, 4) is 0 Å². The number of benzene rings is 1. The third-order valence-electron chi connectivity index (χ3n) is 2.35. The number of carbonyl (C=O) groups excluding carboxylic acids is 1. The monoisotopic (exact) mass is 285 g/mol. The van der Waals surface area contributed by atoms with E-state index in [-0.39, 0.29) is 18.2 Å². The molecule has 0 amide bonds. The minimum Gasteiger partial charge on any atom is -0.469 e. The number of carbonyl (C=O) groups is 1. The normalized spacial score (nSPS) is 10.7. The summed E-state index contributed by atoms with van der Waals surface area (Å²) in [6.07, 6.45) is 1.75. The molecule has 0 saturated heterocycles. The van der Waals surface area contributed by atoms with E-state index in [9.17, 15) is 9.18 Å². The van der Waals surface area contributed by atoms with Gasteiger partial charge in [0.05, 0.1) is 19.0 Å². The second kappa shape index (κ2) is 4.25. The van der Waals surface area contributed by atoms with Gasteiger partial charge >= 0.3 is 5.97 Å². The van der Waals surface area contributed by atoms with Gasteiger partial charge in [-0.3, -0.25) is 4.79 Å². The van der Waals surface area contributed by atoms with E-state index in [1.54, 1.807) is 12.3 Å². The van der Waals surface area contributed by atoms with E-state index in [0.29, 0.717) is 15.4 Å². The number of hydrogen-bond donors (Lipinski definition) is 1.